The first-order valence-electron chi connectivity index (χ1n) is 5.62. The van der Waals surface area contributed by atoms with Crippen molar-refractivity contribution in [1.29, 1.82) is 5.26 Å². The molecule has 1 fully saturated rings. The quantitative estimate of drug-likeness (QED) is 0.739. The predicted molar refractivity (Wildman–Crippen MR) is 57.7 cm³/mol. The van der Waals surface area contributed by atoms with E-state index in [1.165, 1.54) is 19.3 Å². The van der Waals surface area contributed by atoms with Crippen molar-refractivity contribution in [1.82, 2.24) is 4.90 Å². The molecule has 1 aliphatic heterocycles. The molecule has 0 aromatic carbocycles. The minimum Gasteiger partial charge on any atom is -0.330 e. The molecule has 3 nitrogen and oxygen atoms in total. The molecule has 1 aliphatic rings. The maximum absolute atomic E-state index is 8.68. The highest BCUT2D eigenvalue weighted by molar-refractivity contribution is 4.86. The van der Waals surface area contributed by atoms with Gasteiger partial charge in [0.25, 0.3) is 0 Å². The van der Waals surface area contributed by atoms with Crippen LogP contribution in [0.3, 0.4) is 0 Å². The highest BCUT2D eigenvalue weighted by Gasteiger charge is 2.25. The second kappa shape index (κ2) is 6.00. The second-order valence-corrected chi connectivity index (χ2v) is 4.18. The molecule has 0 amide bonds. The monoisotopic (exact) mass is 195 g/mol. The van der Waals surface area contributed by atoms with Gasteiger partial charge in [-0.15, -0.1) is 0 Å². The Kier molecular flexibility index (Phi) is 4.92. The van der Waals surface area contributed by atoms with Crippen molar-refractivity contribution in [2.75, 3.05) is 13.1 Å². The normalized spacial score (nSPS) is 25.6. The number of hydrogen-bond donors (Lipinski definition) is 1. The lowest BCUT2D eigenvalue weighted by Gasteiger charge is -2.39. The molecule has 2 unspecified atom stereocenters. The molecule has 0 bridgehead atoms. The lowest BCUT2D eigenvalue weighted by molar-refractivity contribution is 0.100. The van der Waals surface area contributed by atoms with Crippen LogP contribution in [0.4, 0.5) is 0 Å². The Morgan fingerprint density at radius 1 is 1.57 bits per heavy atom. The van der Waals surface area contributed by atoms with E-state index >= 15 is 0 Å². The van der Waals surface area contributed by atoms with Gasteiger partial charge in [-0.25, -0.2) is 0 Å². The molecule has 1 saturated heterocycles. The summed E-state index contributed by atoms with van der Waals surface area (Å²) in [4.78, 5) is 2.47. The molecule has 0 radical (unpaired) electrons. The average Bonchev–Trinajstić information content (AvgIpc) is 2.19. The van der Waals surface area contributed by atoms with Crippen molar-refractivity contribution < 1.29 is 0 Å². The van der Waals surface area contributed by atoms with Crippen LogP contribution in [0.1, 0.15) is 39.0 Å². The van der Waals surface area contributed by atoms with Gasteiger partial charge in [-0.3, -0.25) is 4.90 Å². The van der Waals surface area contributed by atoms with Crippen molar-refractivity contribution in [2.24, 2.45) is 5.73 Å². The van der Waals surface area contributed by atoms with Crippen LogP contribution in [0, 0.1) is 11.3 Å². The molecule has 0 aromatic rings. The third-order valence-electron chi connectivity index (χ3n) is 3.13. The smallest absolute Gasteiger partial charge is 0.0638 e. The summed E-state index contributed by atoms with van der Waals surface area (Å²) >= 11 is 0. The second-order valence-electron chi connectivity index (χ2n) is 4.18. The van der Waals surface area contributed by atoms with Gasteiger partial charge in [0.15, 0.2) is 0 Å². The Balaban J connectivity index is 2.49. The van der Waals surface area contributed by atoms with E-state index in [-0.39, 0.29) is 0 Å². The molecule has 1 heterocycles. The predicted octanol–water partition coefficient (Wildman–Crippen LogP) is 1.49. The van der Waals surface area contributed by atoms with Crippen LogP contribution in [0.15, 0.2) is 0 Å². The lowest BCUT2D eigenvalue weighted by atomic mass is 9.97. The number of nitriles is 1. The van der Waals surface area contributed by atoms with Gasteiger partial charge in [-0.05, 0) is 39.3 Å². The summed E-state index contributed by atoms with van der Waals surface area (Å²) in [6.07, 6.45) is 5.57. The third kappa shape index (κ3) is 2.97. The zero-order chi connectivity index (χ0) is 10.4. The topological polar surface area (TPSA) is 53.0 Å². The summed E-state index contributed by atoms with van der Waals surface area (Å²) in [5.41, 5.74) is 5.60. The number of likely N-dealkylation sites (tertiary alicyclic amines) is 1. The molecule has 14 heavy (non-hydrogen) atoms. The lowest BCUT2D eigenvalue weighted by Crippen LogP contribution is -2.45. The first-order valence-corrected chi connectivity index (χ1v) is 5.62. The summed E-state index contributed by atoms with van der Waals surface area (Å²) in [5.74, 6) is 0. The van der Waals surface area contributed by atoms with Gasteiger partial charge in [-0.2, -0.15) is 5.26 Å². The number of hydrogen-bond acceptors (Lipinski definition) is 3. The van der Waals surface area contributed by atoms with Crippen LogP contribution in [0.25, 0.3) is 0 Å². The first kappa shape index (κ1) is 11.5. The minimum absolute atomic E-state index is 0.400. The maximum atomic E-state index is 8.68. The number of piperidine rings is 1. The molecule has 2 atom stereocenters. The van der Waals surface area contributed by atoms with Crippen molar-refractivity contribution >= 4 is 0 Å². The molecule has 2 N–H and O–H groups in total. The van der Waals surface area contributed by atoms with Gasteiger partial charge in [0.2, 0.25) is 0 Å². The number of nitrogens with two attached hydrogens (primary N) is 1. The Hall–Kier alpha value is -0.590. The molecule has 0 aromatic heterocycles. The van der Waals surface area contributed by atoms with Crippen LogP contribution in [0.5, 0.6) is 0 Å². The highest BCUT2D eigenvalue weighted by atomic mass is 15.2. The summed E-state index contributed by atoms with van der Waals surface area (Å²) < 4.78 is 0. The van der Waals surface area contributed by atoms with Gasteiger partial charge in [0, 0.05) is 12.1 Å². The van der Waals surface area contributed by atoms with E-state index in [1.54, 1.807) is 0 Å². The van der Waals surface area contributed by atoms with E-state index in [4.69, 9.17) is 11.0 Å². The van der Waals surface area contributed by atoms with E-state index in [9.17, 15) is 0 Å². The zero-order valence-electron chi connectivity index (χ0n) is 9.08. The average molecular weight is 195 g/mol. The molecule has 1 rings (SSSR count). The Morgan fingerprint density at radius 3 is 3.00 bits per heavy atom. The molecule has 0 saturated carbocycles. The fourth-order valence-electron chi connectivity index (χ4n) is 2.35. The highest BCUT2D eigenvalue weighted by Crippen LogP contribution is 2.22. The zero-order valence-corrected chi connectivity index (χ0v) is 9.08. The largest absolute Gasteiger partial charge is 0.330 e. The van der Waals surface area contributed by atoms with Crippen LogP contribution < -0.4 is 5.73 Å². The van der Waals surface area contributed by atoms with Gasteiger partial charge in [0.1, 0.15) is 0 Å². The van der Waals surface area contributed by atoms with Crippen LogP contribution in [0.2, 0.25) is 0 Å². The SMILES string of the molecule is CC(CC#N)N1CCCCC1CCN. The van der Waals surface area contributed by atoms with Gasteiger partial charge in [-0.1, -0.05) is 6.42 Å². The first-order chi connectivity index (χ1) is 6.79. The molecular weight excluding hydrogens is 174 g/mol. The van der Waals surface area contributed by atoms with Crippen LogP contribution >= 0.6 is 0 Å². The fourth-order valence-corrected chi connectivity index (χ4v) is 2.35. The fraction of sp³-hybridized carbons (Fsp3) is 0.909. The molecule has 80 valence electrons. The maximum Gasteiger partial charge on any atom is 0.0638 e. The van der Waals surface area contributed by atoms with E-state index in [0.29, 0.717) is 18.5 Å². The molecular formula is C11H21N3. The summed E-state index contributed by atoms with van der Waals surface area (Å²) in [6, 6.07) is 3.28. The molecule has 0 aliphatic carbocycles. The van der Waals surface area contributed by atoms with Crippen molar-refractivity contribution in [3.05, 3.63) is 0 Å². The Bertz CT molecular complexity index is 195. The van der Waals surface area contributed by atoms with E-state index < -0.39 is 0 Å². The standard InChI is InChI=1S/C11H21N3/c1-10(5-7-12)14-9-3-2-4-11(14)6-8-13/h10-11H,2-6,8-9,13H2,1H3. The third-order valence-corrected chi connectivity index (χ3v) is 3.13. The summed E-state index contributed by atoms with van der Waals surface area (Å²) in [6.45, 7) is 4.06. The molecule has 3 heteroatoms. The number of rotatable bonds is 4. The van der Waals surface area contributed by atoms with Gasteiger partial charge < -0.3 is 5.73 Å². The van der Waals surface area contributed by atoms with Gasteiger partial charge in [0.05, 0.1) is 12.5 Å². The van der Waals surface area contributed by atoms with E-state index in [2.05, 4.69) is 17.9 Å². The van der Waals surface area contributed by atoms with Crippen molar-refractivity contribution in [3.8, 4) is 6.07 Å². The van der Waals surface area contributed by atoms with Crippen LogP contribution in [-0.2, 0) is 0 Å². The van der Waals surface area contributed by atoms with E-state index in [1.807, 2.05) is 0 Å². The van der Waals surface area contributed by atoms with E-state index in [0.717, 1.165) is 19.5 Å². The number of nitrogens with zero attached hydrogens (tertiary/aromatic N) is 2. The van der Waals surface area contributed by atoms with Crippen LogP contribution in [-0.4, -0.2) is 30.1 Å². The Morgan fingerprint density at radius 2 is 2.36 bits per heavy atom. The Labute approximate surface area is 86.9 Å². The van der Waals surface area contributed by atoms with Crippen molar-refractivity contribution in [3.63, 3.8) is 0 Å². The van der Waals surface area contributed by atoms with Gasteiger partial charge >= 0.3 is 0 Å². The minimum atomic E-state index is 0.400. The summed E-state index contributed by atoms with van der Waals surface area (Å²) in [5, 5.41) is 8.68. The molecule has 0 spiro atoms. The van der Waals surface area contributed by atoms with Crippen molar-refractivity contribution in [2.45, 2.75) is 51.1 Å². The summed E-state index contributed by atoms with van der Waals surface area (Å²) in [7, 11) is 0.